The Morgan fingerprint density at radius 2 is 1.62 bits per heavy atom. The van der Waals surface area contributed by atoms with Gasteiger partial charge in [0.2, 0.25) is 5.91 Å². The van der Waals surface area contributed by atoms with Crippen LogP contribution in [0, 0.1) is 0 Å². The molecule has 1 unspecified atom stereocenters. The summed E-state index contributed by atoms with van der Waals surface area (Å²) in [6, 6.07) is 14.9. The standard InChI is InChI=1S/C24H28N2O6/c1-4-24(14-31-3,22(29)25-15(2)21(27)28)26-23(30)32-13-20-18-11-7-5-9-16(18)17-10-6-8-12-19(17)20/h5-12,15,20H,4,13-14H2,1-3H3,(H,25,29)(H,26,30)(H,27,28)/t15-,24?/m1/s1. The van der Waals surface area contributed by atoms with Gasteiger partial charge in [0.25, 0.3) is 0 Å². The number of aliphatic carboxylic acids is 1. The number of benzene rings is 2. The molecule has 1 aliphatic rings. The Kier molecular flexibility index (Phi) is 7.15. The summed E-state index contributed by atoms with van der Waals surface area (Å²) in [6.45, 7) is 3.01. The molecular formula is C24H28N2O6. The molecule has 2 amide bonds. The monoisotopic (exact) mass is 440 g/mol. The third kappa shape index (κ3) is 4.60. The number of alkyl carbamates (subject to hydrolysis) is 1. The lowest BCUT2D eigenvalue weighted by Crippen LogP contribution is -2.63. The first-order valence-electron chi connectivity index (χ1n) is 10.5. The number of rotatable bonds is 9. The lowest BCUT2D eigenvalue weighted by atomic mass is 9.95. The minimum absolute atomic E-state index is 0.0970. The van der Waals surface area contributed by atoms with Gasteiger partial charge in [-0.05, 0) is 35.6 Å². The van der Waals surface area contributed by atoms with Crippen LogP contribution in [0.3, 0.4) is 0 Å². The molecule has 0 heterocycles. The van der Waals surface area contributed by atoms with Crippen molar-refractivity contribution in [2.45, 2.75) is 37.8 Å². The highest BCUT2D eigenvalue weighted by atomic mass is 16.5. The molecule has 0 aliphatic heterocycles. The van der Waals surface area contributed by atoms with Gasteiger partial charge in [-0.25, -0.2) is 4.79 Å². The van der Waals surface area contributed by atoms with Crippen molar-refractivity contribution in [1.29, 1.82) is 0 Å². The number of ether oxygens (including phenoxy) is 2. The Balaban J connectivity index is 1.73. The maximum absolute atomic E-state index is 12.8. The molecule has 0 bridgehead atoms. The first-order chi connectivity index (χ1) is 15.3. The number of hydrogen-bond acceptors (Lipinski definition) is 5. The highest BCUT2D eigenvalue weighted by Gasteiger charge is 2.40. The zero-order chi connectivity index (χ0) is 23.3. The second-order valence-electron chi connectivity index (χ2n) is 7.85. The molecule has 0 saturated carbocycles. The van der Waals surface area contributed by atoms with Crippen LogP contribution in [0.15, 0.2) is 48.5 Å². The van der Waals surface area contributed by atoms with Crippen molar-refractivity contribution < 1.29 is 29.0 Å². The minimum Gasteiger partial charge on any atom is -0.480 e. The predicted octanol–water partition coefficient (Wildman–Crippen LogP) is 2.91. The molecule has 8 nitrogen and oxygen atoms in total. The van der Waals surface area contributed by atoms with Crippen LogP contribution in [0.1, 0.15) is 37.3 Å². The van der Waals surface area contributed by atoms with Gasteiger partial charge < -0.3 is 25.2 Å². The molecule has 2 atom stereocenters. The Morgan fingerprint density at radius 1 is 1.06 bits per heavy atom. The molecule has 2 aromatic carbocycles. The van der Waals surface area contributed by atoms with Crippen molar-refractivity contribution in [1.82, 2.24) is 10.6 Å². The quantitative estimate of drug-likeness (QED) is 0.553. The van der Waals surface area contributed by atoms with Crippen LogP contribution in [-0.4, -0.2) is 55.0 Å². The second kappa shape index (κ2) is 9.82. The number of fused-ring (bicyclic) bond motifs is 3. The number of carboxylic acids is 1. The van der Waals surface area contributed by atoms with Gasteiger partial charge in [0.05, 0.1) is 6.61 Å². The van der Waals surface area contributed by atoms with E-state index in [0.29, 0.717) is 0 Å². The van der Waals surface area contributed by atoms with E-state index in [2.05, 4.69) is 10.6 Å². The number of carbonyl (C=O) groups excluding carboxylic acids is 2. The molecule has 0 radical (unpaired) electrons. The molecule has 0 aromatic heterocycles. The zero-order valence-electron chi connectivity index (χ0n) is 18.4. The highest BCUT2D eigenvalue weighted by molar-refractivity contribution is 5.92. The summed E-state index contributed by atoms with van der Waals surface area (Å²) in [5.74, 6) is -1.94. The molecule has 32 heavy (non-hydrogen) atoms. The fourth-order valence-electron chi connectivity index (χ4n) is 3.98. The fourth-order valence-corrected chi connectivity index (χ4v) is 3.98. The van der Waals surface area contributed by atoms with Crippen molar-refractivity contribution in [3.63, 3.8) is 0 Å². The van der Waals surface area contributed by atoms with E-state index in [1.807, 2.05) is 48.5 Å². The van der Waals surface area contributed by atoms with Crippen LogP contribution < -0.4 is 10.6 Å². The van der Waals surface area contributed by atoms with Crippen LogP contribution in [0.25, 0.3) is 11.1 Å². The van der Waals surface area contributed by atoms with Crippen molar-refractivity contribution in [2.75, 3.05) is 20.3 Å². The molecule has 0 fully saturated rings. The first kappa shape index (κ1) is 23.3. The van der Waals surface area contributed by atoms with Crippen molar-refractivity contribution in [3.8, 4) is 11.1 Å². The average Bonchev–Trinajstić information content (AvgIpc) is 3.11. The smallest absolute Gasteiger partial charge is 0.408 e. The van der Waals surface area contributed by atoms with E-state index >= 15 is 0 Å². The molecule has 8 heteroatoms. The minimum atomic E-state index is -1.46. The van der Waals surface area contributed by atoms with E-state index in [4.69, 9.17) is 14.6 Å². The van der Waals surface area contributed by atoms with Gasteiger partial charge in [-0.15, -0.1) is 0 Å². The molecular weight excluding hydrogens is 412 g/mol. The Bertz CT molecular complexity index is 962. The summed E-state index contributed by atoms with van der Waals surface area (Å²) in [5, 5.41) is 14.1. The number of carbonyl (C=O) groups is 3. The van der Waals surface area contributed by atoms with E-state index in [9.17, 15) is 14.4 Å². The Labute approximate surface area is 186 Å². The Hall–Kier alpha value is -3.39. The molecule has 2 aromatic rings. The SMILES string of the molecule is CCC(COC)(NC(=O)OCC1c2ccccc2-c2ccccc21)C(=O)N[C@H](C)C(=O)O. The van der Waals surface area contributed by atoms with E-state index in [0.717, 1.165) is 22.3 Å². The van der Waals surface area contributed by atoms with Gasteiger partial charge in [-0.3, -0.25) is 9.59 Å². The van der Waals surface area contributed by atoms with Crippen molar-refractivity contribution in [2.24, 2.45) is 0 Å². The van der Waals surface area contributed by atoms with Gasteiger partial charge in [-0.1, -0.05) is 55.5 Å². The zero-order valence-corrected chi connectivity index (χ0v) is 18.4. The third-order valence-electron chi connectivity index (χ3n) is 5.83. The van der Waals surface area contributed by atoms with Crippen LogP contribution in [0.4, 0.5) is 4.79 Å². The van der Waals surface area contributed by atoms with Crippen LogP contribution in [0.5, 0.6) is 0 Å². The lowest BCUT2D eigenvalue weighted by Gasteiger charge is -2.32. The molecule has 0 saturated heterocycles. The van der Waals surface area contributed by atoms with Crippen LogP contribution in [-0.2, 0) is 19.1 Å². The largest absolute Gasteiger partial charge is 0.480 e. The van der Waals surface area contributed by atoms with Crippen molar-refractivity contribution in [3.05, 3.63) is 59.7 Å². The topological polar surface area (TPSA) is 114 Å². The normalized spacial score (nSPS) is 15.1. The highest BCUT2D eigenvalue weighted by Crippen LogP contribution is 2.44. The number of carboxylic acid groups (broad SMARTS) is 1. The fraction of sp³-hybridized carbons (Fsp3) is 0.375. The van der Waals surface area contributed by atoms with Gasteiger partial charge in [-0.2, -0.15) is 0 Å². The summed E-state index contributed by atoms with van der Waals surface area (Å²) < 4.78 is 10.7. The maximum Gasteiger partial charge on any atom is 0.408 e. The number of amides is 2. The van der Waals surface area contributed by atoms with Gasteiger partial charge in [0.15, 0.2) is 0 Å². The first-order valence-corrected chi connectivity index (χ1v) is 10.5. The second-order valence-corrected chi connectivity index (χ2v) is 7.85. The average molecular weight is 440 g/mol. The Morgan fingerprint density at radius 3 is 2.12 bits per heavy atom. The maximum atomic E-state index is 12.8. The molecule has 0 spiro atoms. The lowest BCUT2D eigenvalue weighted by molar-refractivity contribution is -0.143. The van der Waals surface area contributed by atoms with E-state index in [1.165, 1.54) is 14.0 Å². The number of nitrogens with one attached hydrogen (secondary N) is 2. The summed E-state index contributed by atoms with van der Waals surface area (Å²) in [5.41, 5.74) is 2.92. The van der Waals surface area contributed by atoms with E-state index < -0.39 is 29.6 Å². The summed E-state index contributed by atoms with van der Waals surface area (Å²) in [6.07, 6.45) is -0.590. The van der Waals surface area contributed by atoms with E-state index in [-0.39, 0.29) is 25.6 Å². The van der Waals surface area contributed by atoms with Crippen molar-refractivity contribution >= 4 is 18.0 Å². The summed E-state index contributed by atoms with van der Waals surface area (Å²) in [4.78, 5) is 36.6. The summed E-state index contributed by atoms with van der Waals surface area (Å²) in [7, 11) is 1.40. The number of hydrogen-bond donors (Lipinski definition) is 3. The molecule has 1 aliphatic carbocycles. The third-order valence-corrected chi connectivity index (χ3v) is 5.83. The summed E-state index contributed by atoms with van der Waals surface area (Å²) >= 11 is 0. The van der Waals surface area contributed by atoms with Gasteiger partial charge in [0.1, 0.15) is 18.2 Å². The molecule has 3 N–H and O–H groups in total. The van der Waals surface area contributed by atoms with E-state index in [1.54, 1.807) is 6.92 Å². The van der Waals surface area contributed by atoms with Gasteiger partial charge >= 0.3 is 12.1 Å². The van der Waals surface area contributed by atoms with Crippen LogP contribution >= 0.6 is 0 Å². The molecule has 3 rings (SSSR count). The van der Waals surface area contributed by atoms with Gasteiger partial charge in [0, 0.05) is 13.0 Å². The molecule has 170 valence electrons. The number of methoxy groups -OCH3 is 1. The van der Waals surface area contributed by atoms with Crippen LogP contribution in [0.2, 0.25) is 0 Å². The predicted molar refractivity (Wildman–Crippen MR) is 118 cm³/mol.